The highest BCUT2D eigenvalue weighted by Crippen LogP contribution is 2.12. The van der Waals surface area contributed by atoms with E-state index in [0.29, 0.717) is 13.2 Å². The third-order valence-electron chi connectivity index (χ3n) is 1.53. The van der Waals surface area contributed by atoms with Gasteiger partial charge in [-0.3, -0.25) is 0 Å². The van der Waals surface area contributed by atoms with Gasteiger partial charge in [0.25, 0.3) is 0 Å². The van der Waals surface area contributed by atoms with E-state index in [1.165, 1.54) is 6.07 Å². The lowest BCUT2D eigenvalue weighted by Crippen LogP contribution is -1.95. The van der Waals surface area contributed by atoms with Crippen molar-refractivity contribution in [3.8, 4) is 0 Å². The maximum atomic E-state index is 12.7. The maximum absolute atomic E-state index is 12.7. The summed E-state index contributed by atoms with van der Waals surface area (Å²) in [6.45, 7) is 3.05. The molecule has 1 aromatic carbocycles. The lowest BCUT2D eigenvalue weighted by Gasteiger charge is -2.02. The number of ether oxygens (including phenoxy) is 1. The standard InChI is InChI=1S/C9H12FNO/c1-2-12-6-7-3-4-8(10)9(11)5-7/h3-5H,2,6,11H2,1H3. The van der Waals surface area contributed by atoms with E-state index < -0.39 is 0 Å². The molecule has 0 bridgehead atoms. The van der Waals surface area contributed by atoms with Gasteiger partial charge in [-0.25, -0.2) is 4.39 Å². The van der Waals surface area contributed by atoms with Gasteiger partial charge in [-0.1, -0.05) is 6.07 Å². The van der Waals surface area contributed by atoms with Crippen molar-refractivity contribution in [3.05, 3.63) is 29.6 Å². The topological polar surface area (TPSA) is 35.2 Å². The molecule has 0 fully saturated rings. The summed E-state index contributed by atoms with van der Waals surface area (Å²) >= 11 is 0. The molecular formula is C9H12FNO. The molecule has 12 heavy (non-hydrogen) atoms. The Balaban J connectivity index is 2.69. The Bertz CT molecular complexity index is 263. The van der Waals surface area contributed by atoms with Crippen LogP contribution in [0.4, 0.5) is 10.1 Å². The molecule has 0 aliphatic heterocycles. The van der Waals surface area contributed by atoms with Gasteiger partial charge < -0.3 is 10.5 Å². The van der Waals surface area contributed by atoms with E-state index in [1.807, 2.05) is 6.92 Å². The molecule has 0 aliphatic carbocycles. The minimum atomic E-state index is -0.379. The van der Waals surface area contributed by atoms with Crippen LogP contribution in [0, 0.1) is 5.82 Å². The SMILES string of the molecule is CCOCc1ccc(F)c(N)c1. The highest BCUT2D eigenvalue weighted by atomic mass is 19.1. The van der Waals surface area contributed by atoms with E-state index in [1.54, 1.807) is 12.1 Å². The highest BCUT2D eigenvalue weighted by Gasteiger charge is 1.98. The number of hydrogen-bond donors (Lipinski definition) is 1. The first kappa shape index (κ1) is 9.00. The molecule has 2 N–H and O–H groups in total. The van der Waals surface area contributed by atoms with Gasteiger partial charge >= 0.3 is 0 Å². The van der Waals surface area contributed by atoms with Gasteiger partial charge in [0.1, 0.15) is 5.82 Å². The molecule has 66 valence electrons. The zero-order chi connectivity index (χ0) is 8.97. The Kier molecular flexibility index (Phi) is 3.05. The van der Waals surface area contributed by atoms with Crippen LogP contribution in [0.2, 0.25) is 0 Å². The summed E-state index contributed by atoms with van der Waals surface area (Å²) < 4.78 is 17.8. The fourth-order valence-electron chi connectivity index (χ4n) is 0.903. The number of anilines is 1. The average molecular weight is 169 g/mol. The van der Waals surface area contributed by atoms with Crippen LogP contribution in [0.3, 0.4) is 0 Å². The largest absolute Gasteiger partial charge is 0.396 e. The molecule has 0 saturated carbocycles. The monoisotopic (exact) mass is 169 g/mol. The van der Waals surface area contributed by atoms with Crippen molar-refractivity contribution in [1.82, 2.24) is 0 Å². The first-order valence-corrected chi connectivity index (χ1v) is 3.85. The predicted molar refractivity (Wildman–Crippen MR) is 46.1 cm³/mol. The fourth-order valence-corrected chi connectivity index (χ4v) is 0.903. The Morgan fingerprint density at radius 3 is 2.83 bits per heavy atom. The van der Waals surface area contributed by atoms with E-state index in [2.05, 4.69) is 0 Å². The molecule has 1 rings (SSSR count). The summed E-state index contributed by atoms with van der Waals surface area (Å²) in [6, 6.07) is 4.61. The molecule has 3 heteroatoms. The zero-order valence-corrected chi connectivity index (χ0v) is 7.01. The molecule has 0 amide bonds. The Labute approximate surface area is 71.1 Å². The van der Waals surface area contributed by atoms with Crippen LogP contribution >= 0.6 is 0 Å². The molecule has 0 unspecified atom stereocenters. The lowest BCUT2D eigenvalue weighted by atomic mass is 10.2. The number of nitrogen functional groups attached to an aromatic ring is 1. The van der Waals surface area contributed by atoms with Crippen LogP contribution in [-0.2, 0) is 11.3 Å². The quantitative estimate of drug-likeness (QED) is 0.702. The van der Waals surface area contributed by atoms with Gasteiger partial charge in [-0.2, -0.15) is 0 Å². The van der Waals surface area contributed by atoms with Gasteiger partial charge in [0.15, 0.2) is 0 Å². The van der Waals surface area contributed by atoms with Gasteiger partial charge in [0, 0.05) is 6.61 Å². The van der Waals surface area contributed by atoms with Crippen LogP contribution < -0.4 is 5.73 Å². The predicted octanol–water partition coefficient (Wildman–Crippen LogP) is 1.94. The molecule has 0 spiro atoms. The van der Waals surface area contributed by atoms with Gasteiger partial charge in [0.2, 0.25) is 0 Å². The number of rotatable bonds is 3. The van der Waals surface area contributed by atoms with E-state index >= 15 is 0 Å². The molecule has 2 nitrogen and oxygen atoms in total. The minimum Gasteiger partial charge on any atom is -0.396 e. The molecule has 0 atom stereocenters. The van der Waals surface area contributed by atoms with E-state index in [4.69, 9.17) is 10.5 Å². The van der Waals surface area contributed by atoms with E-state index in [-0.39, 0.29) is 11.5 Å². The highest BCUT2D eigenvalue weighted by molar-refractivity contribution is 5.42. The summed E-state index contributed by atoms with van der Waals surface area (Å²) in [5.74, 6) is -0.379. The number of hydrogen-bond acceptors (Lipinski definition) is 2. The Morgan fingerprint density at radius 2 is 2.25 bits per heavy atom. The van der Waals surface area contributed by atoms with Gasteiger partial charge in [-0.05, 0) is 24.6 Å². The summed E-state index contributed by atoms with van der Waals surface area (Å²) in [4.78, 5) is 0. The average Bonchev–Trinajstić information content (AvgIpc) is 2.07. The number of nitrogens with two attached hydrogens (primary N) is 1. The van der Waals surface area contributed by atoms with Crippen molar-refractivity contribution in [2.45, 2.75) is 13.5 Å². The van der Waals surface area contributed by atoms with Gasteiger partial charge in [0.05, 0.1) is 12.3 Å². The Morgan fingerprint density at radius 1 is 1.50 bits per heavy atom. The smallest absolute Gasteiger partial charge is 0.146 e. The molecule has 0 heterocycles. The first-order valence-electron chi connectivity index (χ1n) is 3.85. The minimum absolute atomic E-state index is 0.173. The second-order valence-corrected chi connectivity index (χ2v) is 2.49. The third kappa shape index (κ3) is 2.20. The van der Waals surface area contributed by atoms with Crippen molar-refractivity contribution in [1.29, 1.82) is 0 Å². The molecule has 0 aliphatic rings. The maximum Gasteiger partial charge on any atom is 0.146 e. The zero-order valence-electron chi connectivity index (χ0n) is 7.01. The van der Waals surface area contributed by atoms with Gasteiger partial charge in [-0.15, -0.1) is 0 Å². The fraction of sp³-hybridized carbons (Fsp3) is 0.333. The van der Waals surface area contributed by atoms with Crippen LogP contribution in [0.15, 0.2) is 18.2 Å². The summed E-state index contributed by atoms with van der Waals surface area (Å²) in [7, 11) is 0. The first-order chi connectivity index (χ1) is 5.74. The van der Waals surface area contributed by atoms with Crippen molar-refractivity contribution in [2.24, 2.45) is 0 Å². The second-order valence-electron chi connectivity index (χ2n) is 2.49. The van der Waals surface area contributed by atoms with Crippen LogP contribution in [0.25, 0.3) is 0 Å². The van der Waals surface area contributed by atoms with Crippen LogP contribution in [0.1, 0.15) is 12.5 Å². The van der Waals surface area contributed by atoms with Crippen molar-refractivity contribution < 1.29 is 9.13 Å². The Hall–Kier alpha value is -1.09. The third-order valence-corrected chi connectivity index (χ3v) is 1.53. The van der Waals surface area contributed by atoms with Crippen molar-refractivity contribution in [2.75, 3.05) is 12.3 Å². The normalized spacial score (nSPS) is 10.2. The molecule has 0 radical (unpaired) electrons. The van der Waals surface area contributed by atoms with Crippen LogP contribution in [-0.4, -0.2) is 6.61 Å². The molecule has 0 saturated heterocycles. The van der Waals surface area contributed by atoms with E-state index in [0.717, 1.165) is 5.56 Å². The lowest BCUT2D eigenvalue weighted by molar-refractivity contribution is 0.134. The number of halogens is 1. The summed E-state index contributed by atoms with van der Waals surface area (Å²) in [6.07, 6.45) is 0. The van der Waals surface area contributed by atoms with Crippen molar-refractivity contribution in [3.63, 3.8) is 0 Å². The van der Waals surface area contributed by atoms with Crippen molar-refractivity contribution >= 4 is 5.69 Å². The molecule has 1 aromatic rings. The summed E-state index contributed by atoms with van der Waals surface area (Å²) in [5.41, 5.74) is 6.43. The molecular weight excluding hydrogens is 157 g/mol. The molecule has 0 aromatic heterocycles. The number of benzene rings is 1. The summed E-state index contributed by atoms with van der Waals surface area (Å²) in [5, 5.41) is 0. The van der Waals surface area contributed by atoms with E-state index in [9.17, 15) is 4.39 Å². The van der Waals surface area contributed by atoms with Crippen LogP contribution in [0.5, 0.6) is 0 Å². The second kappa shape index (κ2) is 4.07.